The highest BCUT2D eigenvalue weighted by Gasteiger charge is 2.10. The smallest absolute Gasteiger partial charge is 0.305 e. The van der Waals surface area contributed by atoms with Crippen LogP contribution in [0.2, 0.25) is 0 Å². The van der Waals surface area contributed by atoms with Gasteiger partial charge in [0.2, 0.25) is 10.3 Å². The number of amides is 2. The number of carbonyl (C=O) groups is 1. The molecule has 0 saturated carbocycles. The lowest BCUT2D eigenvalue weighted by Gasteiger charge is -2.05. The van der Waals surface area contributed by atoms with Crippen LogP contribution in [0.3, 0.4) is 0 Å². The maximum atomic E-state index is 13.4. The Balaban J connectivity index is 1.91. The van der Waals surface area contributed by atoms with E-state index in [1.165, 1.54) is 23.9 Å². The van der Waals surface area contributed by atoms with Gasteiger partial charge in [-0.2, -0.15) is 9.36 Å². The van der Waals surface area contributed by atoms with Crippen LogP contribution < -0.4 is 10.6 Å². The van der Waals surface area contributed by atoms with Crippen LogP contribution in [0.1, 0.15) is 13.3 Å². The summed E-state index contributed by atoms with van der Waals surface area (Å²) in [7, 11) is 0. The van der Waals surface area contributed by atoms with E-state index in [2.05, 4.69) is 26.9 Å². The Kier molecular flexibility index (Phi) is 5.31. The van der Waals surface area contributed by atoms with Gasteiger partial charge in [0.25, 0.3) is 0 Å². The highest BCUT2D eigenvalue weighted by molar-refractivity contribution is 7.99. The Hall–Kier alpha value is -1.67. The molecule has 1 aromatic carbocycles. The third-order valence-electron chi connectivity index (χ3n) is 2.19. The number of halogens is 1. The van der Waals surface area contributed by atoms with Crippen molar-refractivity contribution in [1.29, 1.82) is 0 Å². The lowest BCUT2D eigenvalue weighted by atomic mass is 10.3. The van der Waals surface area contributed by atoms with Crippen molar-refractivity contribution in [2.75, 3.05) is 16.4 Å². The molecule has 0 saturated heterocycles. The molecule has 1 aromatic heterocycles. The molecule has 1 heterocycles. The van der Waals surface area contributed by atoms with Gasteiger partial charge in [-0.15, -0.1) is 0 Å². The largest absolute Gasteiger partial charge is 0.325 e. The number of anilines is 2. The zero-order valence-corrected chi connectivity index (χ0v) is 12.4. The number of rotatable bonds is 5. The first-order chi connectivity index (χ1) is 9.69. The topological polar surface area (TPSA) is 66.9 Å². The lowest BCUT2D eigenvalue weighted by molar-refractivity contribution is 0.262. The zero-order chi connectivity index (χ0) is 14.4. The standard InChI is InChI=1S/C12H13FN4OS2/c1-2-7-19-12-16-11(20-17-12)15-10(18)14-9-6-4-3-5-8(9)13/h3-6H,2,7H2,1H3,(H2,14,15,16,17,18). The van der Waals surface area contributed by atoms with E-state index in [9.17, 15) is 9.18 Å². The van der Waals surface area contributed by atoms with E-state index in [0.717, 1.165) is 23.7 Å². The van der Waals surface area contributed by atoms with Crippen molar-refractivity contribution >= 4 is 40.1 Å². The van der Waals surface area contributed by atoms with Crippen molar-refractivity contribution in [3.05, 3.63) is 30.1 Å². The molecule has 0 atom stereocenters. The summed E-state index contributed by atoms with van der Waals surface area (Å²) in [5.41, 5.74) is 0.120. The summed E-state index contributed by atoms with van der Waals surface area (Å²) in [6.07, 6.45) is 1.03. The first kappa shape index (κ1) is 14.7. The molecule has 0 spiro atoms. The van der Waals surface area contributed by atoms with E-state index in [1.54, 1.807) is 12.1 Å². The maximum Gasteiger partial charge on any atom is 0.325 e. The van der Waals surface area contributed by atoms with Gasteiger partial charge in [-0.25, -0.2) is 9.18 Å². The Morgan fingerprint density at radius 2 is 2.20 bits per heavy atom. The summed E-state index contributed by atoms with van der Waals surface area (Å²) in [4.78, 5) is 15.9. The number of nitrogens with zero attached hydrogens (tertiary/aromatic N) is 2. The second kappa shape index (κ2) is 7.20. The van der Waals surface area contributed by atoms with Gasteiger partial charge in [0, 0.05) is 17.3 Å². The Bertz CT molecular complexity index is 590. The van der Waals surface area contributed by atoms with Gasteiger partial charge in [-0.3, -0.25) is 5.32 Å². The van der Waals surface area contributed by atoms with Crippen LogP contribution >= 0.6 is 23.3 Å². The minimum absolute atomic E-state index is 0.120. The highest BCUT2D eigenvalue weighted by Crippen LogP contribution is 2.21. The van der Waals surface area contributed by atoms with Gasteiger partial charge in [0.1, 0.15) is 5.82 Å². The van der Waals surface area contributed by atoms with Crippen molar-refractivity contribution in [3.63, 3.8) is 0 Å². The van der Waals surface area contributed by atoms with Gasteiger partial charge in [-0.05, 0) is 18.6 Å². The SMILES string of the molecule is CCCSc1nsc(NC(=O)Nc2ccccc2F)n1. The van der Waals surface area contributed by atoms with Crippen LogP contribution in [0.5, 0.6) is 0 Å². The van der Waals surface area contributed by atoms with Crippen LogP contribution in [0.4, 0.5) is 20.0 Å². The number of hydrogen-bond acceptors (Lipinski definition) is 5. The quantitative estimate of drug-likeness (QED) is 0.824. The fraction of sp³-hybridized carbons (Fsp3) is 0.250. The molecule has 5 nitrogen and oxygen atoms in total. The summed E-state index contributed by atoms with van der Waals surface area (Å²) in [6, 6.07) is 5.42. The summed E-state index contributed by atoms with van der Waals surface area (Å²) < 4.78 is 17.5. The molecule has 0 aliphatic heterocycles. The highest BCUT2D eigenvalue weighted by atomic mass is 32.2. The summed E-state index contributed by atoms with van der Waals surface area (Å²) in [6.45, 7) is 2.07. The Morgan fingerprint density at radius 3 is 2.95 bits per heavy atom. The summed E-state index contributed by atoms with van der Waals surface area (Å²) in [5.74, 6) is 0.441. The number of benzene rings is 1. The molecule has 0 aliphatic carbocycles. The van der Waals surface area contributed by atoms with Gasteiger partial charge < -0.3 is 5.32 Å². The maximum absolute atomic E-state index is 13.4. The minimum Gasteiger partial charge on any atom is -0.305 e. The lowest BCUT2D eigenvalue weighted by Crippen LogP contribution is -2.19. The van der Waals surface area contributed by atoms with Crippen LogP contribution in [0.25, 0.3) is 0 Å². The number of aromatic nitrogens is 2. The molecule has 2 rings (SSSR count). The van der Waals surface area contributed by atoms with Crippen LogP contribution in [0.15, 0.2) is 29.4 Å². The number of para-hydroxylation sites is 1. The number of urea groups is 1. The fourth-order valence-corrected chi connectivity index (χ4v) is 2.72. The molecule has 0 aliphatic rings. The fourth-order valence-electron chi connectivity index (χ4n) is 1.33. The summed E-state index contributed by atoms with van der Waals surface area (Å²) in [5, 5.41) is 5.97. The predicted octanol–water partition coefficient (Wildman–Crippen LogP) is 3.82. The zero-order valence-electron chi connectivity index (χ0n) is 10.7. The Morgan fingerprint density at radius 1 is 1.40 bits per heavy atom. The van der Waals surface area contributed by atoms with Crippen LogP contribution in [-0.2, 0) is 0 Å². The second-order valence-corrected chi connectivity index (χ2v) is 5.60. The number of nitrogens with one attached hydrogen (secondary N) is 2. The van der Waals surface area contributed by atoms with E-state index in [-0.39, 0.29) is 5.69 Å². The molecule has 0 radical (unpaired) electrons. The average Bonchev–Trinajstić information content (AvgIpc) is 2.86. The molecule has 0 bridgehead atoms. The Labute approximate surface area is 124 Å². The molecule has 2 aromatic rings. The minimum atomic E-state index is -0.543. The number of carbonyl (C=O) groups excluding carboxylic acids is 1. The van der Waals surface area contributed by atoms with E-state index in [0.29, 0.717) is 10.3 Å². The van der Waals surface area contributed by atoms with Crippen molar-refractivity contribution in [2.45, 2.75) is 18.5 Å². The number of thioether (sulfide) groups is 1. The third kappa shape index (κ3) is 4.17. The van der Waals surface area contributed by atoms with Crippen molar-refractivity contribution in [3.8, 4) is 0 Å². The van der Waals surface area contributed by atoms with Gasteiger partial charge >= 0.3 is 6.03 Å². The molecular formula is C12H13FN4OS2. The third-order valence-corrected chi connectivity index (χ3v) is 3.98. The first-order valence-electron chi connectivity index (χ1n) is 5.98. The summed E-state index contributed by atoms with van der Waals surface area (Å²) >= 11 is 2.63. The van der Waals surface area contributed by atoms with Crippen molar-refractivity contribution in [2.24, 2.45) is 0 Å². The molecule has 0 fully saturated rings. The molecular weight excluding hydrogens is 299 g/mol. The molecule has 20 heavy (non-hydrogen) atoms. The van der Waals surface area contributed by atoms with E-state index < -0.39 is 11.8 Å². The molecule has 106 valence electrons. The van der Waals surface area contributed by atoms with Gasteiger partial charge in [0.15, 0.2) is 0 Å². The van der Waals surface area contributed by atoms with Crippen LogP contribution in [0, 0.1) is 5.82 Å². The van der Waals surface area contributed by atoms with E-state index in [4.69, 9.17) is 0 Å². The first-order valence-corrected chi connectivity index (χ1v) is 7.74. The van der Waals surface area contributed by atoms with E-state index in [1.807, 2.05) is 0 Å². The second-order valence-electron chi connectivity index (χ2n) is 3.79. The molecule has 0 unspecified atom stereocenters. The monoisotopic (exact) mass is 312 g/mol. The predicted molar refractivity (Wildman–Crippen MR) is 80.0 cm³/mol. The molecule has 2 N–H and O–H groups in total. The molecule has 8 heteroatoms. The normalized spacial score (nSPS) is 10.3. The van der Waals surface area contributed by atoms with Crippen molar-refractivity contribution in [1.82, 2.24) is 9.36 Å². The van der Waals surface area contributed by atoms with Gasteiger partial charge in [-0.1, -0.05) is 30.8 Å². The van der Waals surface area contributed by atoms with Crippen LogP contribution in [-0.4, -0.2) is 21.1 Å². The van der Waals surface area contributed by atoms with Crippen molar-refractivity contribution < 1.29 is 9.18 Å². The average molecular weight is 312 g/mol. The number of hydrogen-bond donors (Lipinski definition) is 2. The van der Waals surface area contributed by atoms with E-state index >= 15 is 0 Å². The molecule has 2 amide bonds. The van der Waals surface area contributed by atoms with Gasteiger partial charge in [0.05, 0.1) is 5.69 Å².